The van der Waals surface area contributed by atoms with Crippen molar-refractivity contribution in [3.63, 3.8) is 0 Å². The van der Waals surface area contributed by atoms with Crippen LogP contribution in [0.2, 0.25) is 5.02 Å². The van der Waals surface area contributed by atoms with Crippen molar-refractivity contribution in [1.82, 2.24) is 14.1 Å². The Hall–Kier alpha value is -2.20. The maximum atomic E-state index is 12.3. The Labute approximate surface area is 191 Å². The van der Waals surface area contributed by atoms with Crippen LogP contribution in [0.4, 0.5) is 11.4 Å². The monoisotopic (exact) mass is 465 g/mol. The van der Waals surface area contributed by atoms with E-state index < -0.39 is 0 Å². The average molecular weight is 466 g/mol. The van der Waals surface area contributed by atoms with Gasteiger partial charge in [0, 0.05) is 44.4 Å². The maximum Gasteiger partial charge on any atom is 0.287 e. The molecule has 2 aliphatic rings. The highest BCUT2D eigenvalue weighted by molar-refractivity contribution is 7.98. The van der Waals surface area contributed by atoms with Crippen molar-refractivity contribution < 1.29 is 9.84 Å². The van der Waals surface area contributed by atoms with Gasteiger partial charge in [0.05, 0.1) is 36.9 Å². The molecule has 2 aliphatic heterocycles. The fourth-order valence-corrected chi connectivity index (χ4v) is 4.19. The summed E-state index contributed by atoms with van der Waals surface area (Å²) in [6, 6.07) is 10.2. The van der Waals surface area contributed by atoms with Crippen molar-refractivity contribution in [2.45, 2.75) is 25.3 Å². The molecule has 8 nitrogen and oxygen atoms in total. The van der Waals surface area contributed by atoms with E-state index in [0.29, 0.717) is 31.1 Å². The molecule has 0 atom stereocenters. The second-order valence-corrected chi connectivity index (χ2v) is 8.39. The van der Waals surface area contributed by atoms with Gasteiger partial charge in [-0.3, -0.25) is 4.79 Å². The van der Waals surface area contributed by atoms with Gasteiger partial charge in [0.1, 0.15) is 5.02 Å². The number of para-hydroxylation sites is 1. The lowest BCUT2D eigenvalue weighted by Gasteiger charge is -2.31. The summed E-state index contributed by atoms with van der Waals surface area (Å²) in [6.07, 6.45) is 5.71. The number of aliphatic hydroxyl groups is 1. The predicted octanol–water partition coefficient (Wildman–Crippen LogP) is 4.10. The van der Waals surface area contributed by atoms with E-state index in [4.69, 9.17) is 21.4 Å². The summed E-state index contributed by atoms with van der Waals surface area (Å²) in [5.41, 5.74) is 1.42. The van der Waals surface area contributed by atoms with Crippen LogP contribution in [0, 0.1) is 0 Å². The third-order valence-electron chi connectivity index (χ3n) is 4.99. The van der Waals surface area contributed by atoms with Gasteiger partial charge in [0.25, 0.3) is 5.56 Å². The number of piperidine rings is 1. The van der Waals surface area contributed by atoms with Gasteiger partial charge < -0.3 is 19.9 Å². The zero-order chi connectivity index (χ0) is 22.1. The summed E-state index contributed by atoms with van der Waals surface area (Å²) < 4.78 is 12.0. The van der Waals surface area contributed by atoms with Gasteiger partial charge >= 0.3 is 0 Å². The van der Waals surface area contributed by atoms with Gasteiger partial charge in [-0.05, 0) is 31.1 Å². The Morgan fingerprint density at radius 3 is 2.58 bits per heavy atom. The second-order valence-electron chi connectivity index (χ2n) is 7.11. The van der Waals surface area contributed by atoms with Crippen molar-refractivity contribution in [3.05, 3.63) is 63.7 Å². The van der Waals surface area contributed by atoms with Gasteiger partial charge in [-0.15, -0.1) is 0 Å². The zero-order valence-corrected chi connectivity index (χ0v) is 19.0. The molecule has 1 aromatic heterocycles. The van der Waals surface area contributed by atoms with Gasteiger partial charge in [-0.2, -0.15) is 5.10 Å². The molecule has 0 amide bonds. The van der Waals surface area contributed by atoms with Crippen LogP contribution in [0.3, 0.4) is 0 Å². The predicted molar refractivity (Wildman–Crippen MR) is 127 cm³/mol. The molecule has 0 spiro atoms. The summed E-state index contributed by atoms with van der Waals surface area (Å²) in [5.74, 6) is 0.464. The first-order valence-corrected chi connectivity index (χ1v) is 11.4. The largest absolute Gasteiger partial charge is 0.512 e. The first-order chi connectivity index (χ1) is 15.1. The van der Waals surface area contributed by atoms with E-state index in [9.17, 15) is 4.79 Å². The van der Waals surface area contributed by atoms with E-state index in [1.165, 1.54) is 4.68 Å². The molecule has 1 aromatic carbocycles. The van der Waals surface area contributed by atoms with Gasteiger partial charge in [0.2, 0.25) is 0 Å². The third-order valence-corrected chi connectivity index (χ3v) is 6.30. The molecule has 2 aromatic rings. The van der Waals surface area contributed by atoms with Gasteiger partial charge in [-0.25, -0.2) is 8.99 Å². The zero-order valence-electron chi connectivity index (χ0n) is 17.5. The molecule has 168 valence electrons. The number of benzene rings is 1. The average Bonchev–Trinajstić information content (AvgIpc) is 2.81. The number of aromatic nitrogens is 2. The van der Waals surface area contributed by atoms with Crippen molar-refractivity contribution in [3.8, 4) is 0 Å². The summed E-state index contributed by atoms with van der Waals surface area (Å²) in [5, 5.41) is 16.0. The number of nitrogens with one attached hydrogen (secondary N) is 2. The summed E-state index contributed by atoms with van der Waals surface area (Å²) in [4.78, 5) is 12.3. The number of hydrogen-bond donors (Lipinski definition) is 3. The number of halogens is 1. The quantitative estimate of drug-likeness (QED) is 0.568. The Bertz CT molecular complexity index is 917. The normalized spacial score (nSPS) is 17.3. The minimum Gasteiger partial charge on any atom is -0.512 e. The second kappa shape index (κ2) is 12.0. The van der Waals surface area contributed by atoms with Crippen LogP contribution < -0.4 is 15.6 Å². The Morgan fingerprint density at radius 1 is 1.26 bits per heavy atom. The molecule has 0 bridgehead atoms. The number of rotatable bonds is 5. The highest BCUT2D eigenvalue weighted by Crippen LogP contribution is 2.26. The number of anilines is 2. The van der Waals surface area contributed by atoms with Crippen LogP contribution in [0.25, 0.3) is 0 Å². The van der Waals surface area contributed by atoms with Crippen LogP contribution in [-0.2, 0) is 4.74 Å². The standard InChI is InChI=1S/C16H20ClN5OS.C5H8O2/c1-18-14-11-19-22(16(23)15(14)17)13-7-9-21(10-8-13)24-20-12-5-3-2-4-6-12;6-5-1-3-7-4-2-5/h2-6,11,13,18,20H,7-10H2,1H3;1,6H,2-4H2. The SMILES string of the molecule is CNc1cnn(C2CCN(SNc3ccccc3)CC2)c(=O)c1Cl.OC1=CCOCC1. The van der Waals surface area contributed by atoms with Crippen LogP contribution in [0.15, 0.2) is 53.2 Å². The number of hydrogen-bond acceptors (Lipinski definition) is 8. The van der Waals surface area contributed by atoms with Crippen LogP contribution in [0.1, 0.15) is 25.3 Å². The molecule has 0 radical (unpaired) electrons. The lowest BCUT2D eigenvalue weighted by molar-refractivity contribution is 0.136. The molecule has 0 unspecified atom stereocenters. The number of aliphatic hydroxyl groups excluding tert-OH is 1. The highest BCUT2D eigenvalue weighted by atomic mass is 35.5. The van der Waals surface area contributed by atoms with Crippen LogP contribution in [0.5, 0.6) is 0 Å². The Balaban J connectivity index is 0.000000330. The van der Waals surface area contributed by atoms with E-state index in [1.807, 2.05) is 30.3 Å². The molecule has 3 N–H and O–H groups in total. The highest BCUT2D eigenvalue weighted by Gasteiger charge is 2.23. The number of ether oxygens (including phenoxy) is 1. The first kappa shape index (κ1) is 23.5. The Morgan fingerprint density at radius 2 is 2.00 bits per heavy atom. The Kier molecular flexibility index (Phi) is 9.08. The van der Waals surface area contributed by atoms with E-state index in [2.05, 4.69) is 19.4 Å². The molecular weight excluding hydrogens is 438 g/mol. The topological polar surface area (TPSA) is 91.7 Å². The van der Waals surface area contributed by atoms with Crippen molar-refractivity contribution in [2.75, 3.05) is 43.4 Å². The number of nitrogens with zero attached hydrogens (tertiary/aromatic N) is 3. The molecular formula is C21H28ClN5O3S. The van der Waals surface area contributed by atoms with E-state index >= 15 is 0 Å². The first-order valence-electron chi connectivity index (χ1n) is 10.2. The summed E-state index contributed by atoms with van der Waals surface area (Å²) in [7, 11) is 1.72. The summed E-state index contributed by atoms with van der Waals surface area (Å²) >= 11 is 7.70. The van der Waals surface area contributed by atoms with Gasteiger partial charge in [0.15, 0.2) is 0 Å². The fraction of sp³-hybridized carbons (Fsp3) is 0.429. The smallest absolute Gasteiger partial charge is 0.287 e. The van der Waals surface area contributed by atoms with E-state index in [0.717, 1.165) is 31.6 Å². The van der Waals surface area contributed by atoms with Crippen molar-refractivity contribution in [2.24, 2.45) is 0 Å². The minimum atomic E-state index is -0.225. The molecule has 10 heteroatoms. The minimum absolute atomic E-state index is 0.0921. The van der Waals surface area contributed by atoms with Crippen LogP contribution >= 0.6 is 23.7 Å². The lowest BCUT2D eigenvalue weighted by atomic mass is 10.1. The van der Waals surface area contributed by atoms with Crippen molar-refractivity contribution >= 4 is 35.1 Å². The van der Waals surface area contributed by atoms with E-state index in [-0.39, 0.29) is 16.6 Å². The van der Waals surface area contributed by atoms with E-state index in [1.54, 1.807) is 31.5 Å². The third kappa shape index (κ3) is 6.90. The lowest BCUT2D eigenvalue weighted by Crippen LogP contribution is -2.36. The maximum absolute atomic E-state index is 12.3. The molecule has 1 saturated heterocycles. The fourth-order valence-electron chi connectivity index (χ4n) is 3.20. The van der Waals surface area contributed by atoms with Crippen LogP contribution in [-0.4, -0.2) is 52.5 Å². The molecule has 31 heavy (non-hydrogen) atoms. The summed E-state index contributed by atoms with van der Waals surface area (Å²) in [6.45, 7) is 3.01. The molecule has 0 aliphatic carbocycles. The molecule has 3 heterocycles. The van der Waals surface area contributed by atoms with Gasteiger partial charge in [-0.1, -0.05) is 29.8 Å². The van der Waals surface area contributed by atoms with Crippen molar-refractivity contribution in [1.29, 1.82) is 0 Å². The molecule has 1 fully saturated rings. The molecule has 0 saturated carbocycles. The molecule has 4 rings (SSSR count).